The highest BCUT2D eigenvalue weighted by molar-refractivity contribution is 5.87. The van der Waals surface area contributed by atoms with Crippen molar-refractivity contribution >= 4 is 35.9 Å². The summed E-state index contributed by atoms with van der Waals surface area (Å²) in [5.74, 6) is -1.64. The quantitative estimate of drug-likeness (QED) is 0.118. The van der Waals surface area contributed by atoms with Crippen LogP contribution in [0, 0.1) is 56.7 Å². The van der Waals surface area contributed by atoms with Crippen LogP contribution < -0.4 is 9.47 Å². The summed E-state index contributed by atoms with van der Waals surface area (Å²) in [6.45, 7) is 21.9. The van der Waals surface area contributed by atoms with E-state index >= 15 is 0 Å². The van der Waals surface area contributed by atoms with E-state index < -0.39 is 52.9 Å². The summed E-state index contributed by atoms with van der Waals surface area (Å²) in [5.41, 5.74) is 0.0327. The topological polar surface area (TPSA) is 143 Å². The molecule has 10 heteroatoms. The van der Waals surface area contributed by atoms with Crippen molar-refractivity contribution in [1.29, 1.82) is 0 Å². The van der Waals surface area contributed by atoms with E-state index in [1.54, 1.807) is 6.07 Å². The van der Waals surface area contributed by atoms with Gasteiger partial charge in [0.05, 0.1) is 5.41 Å². The summed E-state index contributed by atoms with van der Waals surface area (Å²) in [7, 11) is 0. The Morgan fingerprint density at radius 1 is 0.764 bits per heavy atom. The van der Waals surface area contributed by atoms with Crippen LogP contribution in [-0.2, 0) is 33.4 Å². The van der Waals surface area contributed by atoms with E-state index in [0.717, 1.165) is 50.5 Å². The Kier molecular flexibility index (Phi) is 10.5. The molecule has 5 fully saturated rings. The number of hydrogen-bond donors (Lipinski definition) is 1. The summed E-state index contributed by atoms with van der Waals surface area (Å²) >= 11 is 0. The first kappa shape index (κ1) is 40.7. The summed E-state index contributed by atoms with van der Waals surface area (Å²) < 4.78 is 22.8. The maximum Gasteiger partial charge on any atom is 0.331 e. The van der Waals surface area contributed by atoms with Crippen LogP contribution in [0.4, 0.5) is 0 Å². The van der Waals surface area contributed by atoms with E-state index in [0.29, 0.717) is 24.3 Å². The third-order valence-electron chi connectivity index (χ3n) is 15.8. The number of carbonyl (C=O) groups excluding carboxylic acids is 4. The molecule has 0 aromatic heterocycles. The van der Waals surface area contributed by atoms with E-state index in [9.17, 15) is 29.1 Å². The average Bonchev–Trinajstić information content (AvgIpc) is 3.48. The van der Waals surface area contributed by atoms with Gasteiger partial charge in [0.25, 0.3) is 0 Å². The Labute approximate surface area is 325 Å². The lowest BCUT2D eigenvalue weighted by Crippen LogP contribution is -2.69. The molecule has 0 amide bonds. The second-order valence-corrected chi connectivity index (χ2v) is 18.9. The molecule has 5 aliphatic rings. The van der Waals surface area contributed by atoms with Crippen LogP contribution in [0.3, 0.4) is 0 Å². The number of carboxylic acid groups (broad SMARTS) is 1. The first-order valence-electron chi connectivity index (χ1n) is 20.1. The van der Waals surface area contributed by atoms with Gasteiger partial charge in [-0.2, -0.15) is 0 Å². The number of fused-ring (bicyclic) bond motifs is 7. The Hall–Kier alpha value is -3.95. The molecule has 6 rings (SSSR count). The zero-order valence-electron chi connectivity index (χ0n) is 34.1. The molecule has 11 atom stereocenters. The van der Waals surface area contributed by atoms with Gasteiger partial charge in [-0.3, -0.25) is 19.2 Å². The zero-order chi connectivity index (χ0) is 40.5. The number of benzene rings is 1. The largest absolute Gasteiger partial charge is 0.481 e. The van der Waals surface area contributed by atoms with E-state index in [-0.39, 0.29) is 51.4 Å². The Balaban J connectivity index is 1.28. The lowest BCUT2D eigenvalue weighted by Gasteiger charge is -2.73. The third kappa shape index (κ3) is 6.63. The summed E-state index contributed by atoms with van der Waals surface area (Å²) in [5, 5.41) is 10.7. The minimum absolute atomic E-state index is 0.0429. The van der Waals surface area contributed by atoms with Gasteiger partial charge >= 0.3 is 29.8 Å². The molecule has 0 unspecified atom stereocenters. The lowest BCUT2D eigenvalue weighted by atomic mass is 9.32. The fraction of sp³-hybridized carbons (Fsp3) is 0.667. The minimum atomic E-state index is -0.702. The predicted octanol–water partition coefficient (Wildman–Crippen LogP) is 8.75. The van der Waals surface area contributed by atoms with Gasteiger partial charge in [-0.25, -0.2) is 4.79 Å². The van der Waals surface area contributed by atoms with Crippen molar-refractivity contribution in [3.63, 3.8) is 0 Å². The maximum atomic E-state index is 13.6. The number of allylic oxidation sites excluding steroid dienone is 1. The smallest absolute Gasteiger partial charge is 0.331 e. The molecule has 1 aromatic rings. The van der Waals surface area contributed by atoms with Crippen molar-refractivity contribution in [3.05, 3.63) is 42.0 Å². The summed E-state index contributed by atoms with van der Waals surface area (Å²) in [6, 6.07) is 4.61. The van der Waals surface area contributed by atoms with Crippen molar-refractivity contribution < 1.29 is 48.0 Å². The van der Waals surface area contributed by atoms with E-state index in [1.807, 2.05) is 0 Å². The van der Waals surface area contributed by atoms with Crippen LogP contribution >= 0.6 is 0 Å². The molecule has 300 valence electrons. The van der Waals surface area contributed by atoms with Crippen molar-refractivity contribution in [2.75, 3.05) is 0 Å². The molecule has 0 heterocycles. The molecule has 5 aliphatic carbocycles. The second-order valence-electron chi connectivity index (χ2n) is 18.9. The van der Waals surface area contributed by atoms with E-state index in [4.69, 9.17) is 18.9 Å². The van der Waals surface area contributed by atoms with E-state index in [2.05, 4.69) is 48.1 Å². The Bertz CT molecular complexity index is 1810. The average molecular weight is 761 g/mol. The monoisotopic (exact) mass is 760 g/mol. The Morgan fingerprint density at radius 2 is 1.44 bits per heavy atom. The van der Waals surface area contributed by atoms with Gasteiger partial charge in [-0.15, -0.1) is 0 Å². The number of carbonyl (C=O) groups is 5. The molecule has 0 radical (unpaired) electrons. The molecule has 55 heavy (non-hydrogen) atoms. The van der Waals surface area contributed by atoms with Gasteiger partial charge in [0.2, 0.25) is 0 Å². The summed E-state index contributed by atoms with van der Waals surface area (Å²) in [6.07, 6.45) is 9.07. The highest BCUT2D eigenvalue weighted by Gasteiger charge is 2.73. The first-order chi connectivity index (χ1) is 25.6. The number of ether oxygens (including phenoxy) is 4. The molecular weight excluding hydrogens is 700 g/mol. The highest BCUT2D eigenvalue weighted by atomic mass is 16.6. The highest BCUT2D eigenvalue weighted by Crippen LogP contribution is 2.77. The van der Waals surface area contributed by atoms with Crippen LogP contribution in [0.15, 0.2) is 36.4 Å². The molecule has 10 nitrogen and oxygen atoms in total. The molecule has 0 saturated heterocycles. The molecule has 0 aliphatic heterocycles. The summed E-state index contributed by atoms with van der Waals surface area (Å²) in [4.78, 5) is 62.6. The van der Waals surface area contributed by atoms with Crippen LogP contribution in [0.1, 0.15) is 126 Å². The molecule has 5 saturated carbocycles. The zero-order valence-corrected chi connectivity index (χ0v) is 34.1. The fourth-order valence-corrected chi connectivity index (χ4v) is 13.6. The van der Waals surface area contributed by atoms with Gasteiger partial charge in [0, 0.05) is 32.3 Å². The fourth-order valence-electron chi connectivity index (χ4n) is 13.6. The number of hydrogen-bond acceptors (Lipinski definition) is 9. The third-order valence-corrected chi connectivity index (χ3v) is 15.8. The normalized spacial score (nSPS) is 38.7. The van der Waals surface area contributed by atoms with Gasteiger partial charge in [-0.1, -0.05) is 52.8 Å². The van der Waals surface area contributed by atoms with Crippen molar-refractivity contribution in [1.82, 2.24) is 0 Å². The predicted molar refractivity (Wildman–Crippen MR) is 206 cm³/mol. The van der Waals surface area contributed by atoms with Crippen molar-refractivity contribution in [3.8, 4) is 11.5 Å². The van der Waals surface area contributed by atoms with Crippen LogP contribution in [0.2, 0.25) is 0 Å². The molecule has 1 aromatic carbocycles. The first-order valence-corrected chi connectivity index (χ1v) is 20.1. The van der Waals surface area contributed by atoms with Gasteiger partial charge in [-0.05, 0) is 134 Å². The molecular formula is C45H60O10. The minimum Gasteiger partial charge on any atom is -0.481 e. The van der Waals surface area contributed by atoms with Gasteiger partial charge in [0.15, 0.2) is 11.5 Å². The number of carboxylic acids is 1. The van der Waals surface area contributed by atoms with Crippen LogP contribution in [0.25, 0.3) is 6.08 Å². The number of rotatable bonds is 8. The van der Waals surface area contributed by atoms with Crippen molar-refractivity contribution in [2.45, 2.75) is 132 Å². The van der Waals surface area contributed by atoms with E-state index in [1.165, 1.54) is 45.1 Å². The Morgan fingerprint density at radius 3 is 2.05 bits per heavy atom. The SMILES string of the molecule is C=C(C)[C@@H]1CC[C@]2(C(=O)O)CC[C@]3(C)[C@H](CC[C@@H]4[C@@]5(C)C[C@@H](OC(C)=O)[C@H](OC(=O)/C=C/c6ccc(OC(C)=O)c(OC(C)=O)c6)C(C)(C)[C@@H]5CC[C@]43C)[C@@H]12. The second kappa shape index (κ2) is 14.2. The number of esters is 4. The van der Waals surface area contributed by atoms with Gasteiger partial charge in [0.1, 0.15) is 12.2 Å². The number of aliphatic carboxylic acids is 1. The van der Waals surface area contributed by atoms with Crippen LogP contribution in [0.5, 0.6) is 11.5 Å². The maximum absolute atomic E-state index is 13.6. The van der Waals surface area contributed by atoms with Crippen LogP contribution in [-0.4, -0.2) is 47.2 Å². The standard InChI is InChI=1S/C45H60O10/c1-25(2)30-17-20-45(40(50)51)22-21-43(9)31(38(30)45)13-15-36-42(8)24-34(54-28(5)48)39(41(6,7)35(42)18-19-44(36,43)10)55-37(49)16-12-29-11-14-32(52-26(3)46)33(23-29)53-27(4)47/h11-12,14,16,23,30-31,34-36,38-39H,1,13,15,17-22,24H2,2-10H3,(H,50,51)/b16-12+/t30-,31+,34+,35-,36+,38+,39-,42-,43+,44+,45-/m0/s1. The lowest BCUT2D eigenvalue weighted by molar-refractivity contribution is -0.268. The molecule has 1 N–H and O–H groups in total. The molecule has 0 bridgehead atoms. The van der Waals surface area contributed by atoms with Gasteiger partial charge < -0.3 is 24.1 Å². The molecule has 0 spiro atoms. The van der Waals surface area contributed by atoms with Crippen molar-refractivity contribution in [2.24, 2.45) is 56.7 Å².